The quantitative estimate of drug-likeness (QED) is 0.894. The van der Waals surface area contributed by atoms with E-state index in [-0.39, 0.29) is 17.9 Å². The van der Waals surface area contributed by atoms with E-state index < -0.39 is 5.54 Å². The van der Waals surface area contributed by atoms with Crippen LogP contribution in [0.3, 0.4) is 0 Å². The van der Waals surface area contributed by atoms with Gasteiger partial charge in [0.15, 0.2) is 0 Å². The van der Waals surface area contributed by atoms with Crippen LogP contribution in [0.5, 0.6) is 0 Å². The highest BCUT2D eigenvalue weighted by Gasteiger charge is 2.53. The molecule has 0 unspecified atom stereocenters. The molecular weight excluding hydrogens is 262 g/mol. The molecule has 2 saturated carbocycles. The molecular formula is C18H25NO2. The third kappa shape index (κ3) is 2.71. The molecule has 114 valence electrons. The minimum absolute atomic E-state index is 0.0519. The van der Waals surface area contributed by atoms with Gasteiger partial charge in [-0.3, -0.25) is 4.79 Å². The summed E-state index contributed by atoms with van der Waals surface area (Å²) in [5.74, 6) is 0.808. The van der Waals surface area contributed by atoms with Gasteiger partial charge in [-0.2, -0.15) is 0 Å². The maximum atomic E-state index is 12.8. The highest BCUT2D eigenvalue weighted by atomic mass is 16.3. The van der Waals surface area contributed by atoms with Crippen molar-refractivity contribution in [2.75, 3.05) is 6.61 Å². The molecule has 0 aliphatic heterocycles. The number of rotatable bonds is 4. The molecule has 0 atom stereocenters. The lowest BCUT2D eigenvalue weighted by Crippen LogP contribution is -2.55. The maximum absolute atomic E-state index is 12.8. The summed E-state index contributed by atoms with van der Waals surface area (Å²) >= 11 is 0. The first-order valence-electron chi connectivity index (χ1n) is 8.09. The Kier molecular flexibility index (Phi) is 3.78. The summed E-state index contributed by atoms with van der Waals surface area (Å²) in [7, 11) is 0. The van der Waals surface area contributed by atoms with E-state index >= 15 is 0 Å². The van der Waals surface area contributed by atoms with Crippen molar-refractivity contribution in [1.82, 2.24) is 5.32 Å². The van der Waals surface area contributed by atoms with Gasteiger partial charge in [0.2, 0.25) is 5.91 Å². The van der Waals surface area contributed by atoms with Crippen molar-refractivity contribution in [2.45, 2.75) is 56.4 Å². The van der Waals surface area contributed by atoms with Gasteiger partial charge in [0, 0.05) is 0 Å². The zero-order valence-corrected chi connectivity index (χ0v) is 12.8. The third-order valence-electron chi connectivity index (χ3n) is 5.42. The molecule has 0 radical (unpaired) electrons. The minimum atomic E-state index is -0.395. The Bertz CT molecular complexity index is 499. The van der Waals surface area contributed by atoms with Gasteiger partial charge in [0.1, 0.15) is 0 Å². The molecule has 3 heteroatoms. The average molecular weight is 287 g/mol. The molecule has 1 aromatic carbocycles. The van der Waals surface area contributed by atoms with Crippen LogP contribution >= 0.6 is 0 Å². The molecule has 2 aliphatic rings. The van der Waals surface area contributed by atoms with Gasteiger partial charge in [-0.15, -0.1) is 0 Å². The van der Waals surface area contributed by atoms with Crippen LogP contribution < -0.4 is 5.32 Å². The lowest BCUT2D eigenvalue weighted by molar-refractivity contribution is -0.126. The number of hydrogen-bond acceptors (Lipinski definition) is 2. The minimum Gasteiger partial charge on any atom is -0.394 e. The Morgan fingerprint density at radius 3 is 2.33 bits per heavy atom. The topological polar surface area (TPSA) is 49.3 Å². The van der Waals surface area contributed by atoms with Gasteiger partial charge >= 0.3 is 0 Å². The van der Waals surface area contributed by atoms with E-state index in [0.717, 1.165) is 44.1 Å². The second kappa shape index (κ2) is 5.45. The second-order valence-electron chi connectivity index (χ2n) is 7.02. The highest BCUT2D eigenvalue weighted by Crippen LogP contribution is 2.49. The van der Waals surface area contributed by atoms with E-state index in [4.69, 9.17) is 0 Å². The van der Waals surface area contributed by atoms with E-state index in [1.165, 1.54) is 0 Å². The first-order chi connectivity index (χ1) is 10.1. The first kappa shape index (κ1) is 14.6. The van der Waals surface area contributed by atoms with E-state index in [2.05, 4.69) is 12.2 Å². The Morgan fingerprint density at radius 1 is 1.19 bits per heavy atom. The molecule has 0 aromatic heterocycles. The summed E-state index contributed by atoms with van der Waals surface area (Å²) in [6.07, 6.45) is 5.78. The van der Waals surface area contributed by atoms with E-state index in [0.29, 0.717) is 5.92 Å². The van der Waals surface area contributed by atoms with Crippen LogP contribution in [0, 0.1) is 5.92 Å². The van der Waals surface area contributed by atoms with Gasteiger partial charge in [0.05, 0.1) is 17.6 Å². The summed E-state index contributed by atoms with van der Waals surface area (Å²) < 4.78 is 0. The van der Waals surface area contributed by atoms with Gasteiger partial charge < -0.3 is 10.4 Å². The molecule has 2 aliphatic carbocycles. The normalized spacial score (nSPS) is 30.7. The van der Waals surface area contributed by atoms with Gasteiger partial charge in [-0.1, -0.05) is 37.3 Å². The lowest BCUT2D eigenvalue weighted by Gasteiger charge is -2.39. The van der Waals surface area contributed by atoms with Crippen LogP contribution in [-0.4, -0.2) is 23.2 Å². The van der Waals surface area contributed by atoms with Crippen LogP contribution in [0.4, 0.5) is 0 Å². The summed E-state index contributed by atoms with van der Waals surface area (Å²) in [6.45, 7) is 2.30. The highest BCUT2D eigenvalue weighted by molar-refractivity contribution is 5.91. The number of benzene rings is 1. The van der Waals surface area contributed by atoms with Crippen molar-refractivity contribution in [3.8, 4) is 0 Å². The zero-order chi connectivity index (χ0) is 14.9. The van der Waals surface area contributed by atoms with Crippen LogP contribution in [0.25, 0.3) is 0 Å². The number of carbonyl (C=O) groups is 1. The van der Waals surface area contributed by atoms with Crippen LogP contribution in [0.1, 0.15) is 51.0 Å². The molecule has 0 saturated heterocycles. The fourth-order valence-electron chi connectivity index (χ4n) is 3.53. The van der Waals surface area contributed by atoms with E-state index in [9.17, 15) is 9.90 Å². The van der Waals surface area contributed by atoms with Gasteiger partial charge in [-0.25, -0.2) is 0 Å². The SMILES string of the molecule is CC1CCC(CO)(NC(=O)C2(c3ccccc3)CC2)CC1. The Labute approximate surface area is 126 Å². The molecule has 2 fully saturated rings. The smallest absolute Gasteiger partial charge is 0.231 e. The standard InChI is InChI=1S/C18H25NO2/c1-14-7-9-17(13-20,10-8-14)19-16(21)18(11-12-18)15-5-3-2-4-6-15/h2-6,14,20H,7-13H2,1H3,(H,19,21). The van der Waals surface area contributed by atoms with Crippen LogP contribution in [-0.2, 0) is 10.2 Å². The third-order valence-corrected chi connectivity index (χ3v) is 5.42. The van der Waals surface area contributed by atoms with Crippen molar-refractivity contribution in [3.63, 3.8) is 0 Å². The summed E-state index contributed by atoms with van der Waals surface area (Å²) in [4.78, 5) is 12.8. The van der Waals surface area contributed by atoms with Crippen LogP contribution in [0.15, 0.2) is 30.3 Å². The number of hydrogen-bond donors (Lipinski definition) is 2. The Balaban J connectivity index is 1.74. The number of amides is 1. The molecule has 0 bridgehead atoms. The Morgan fingerprint density at radius 2 is 1.81 bits per heavy atom. The Hall–Kier alpha value is -1.35. The molecule has 3 rings (SSSR count). The summed E-state index contributed by atoms with van der Waals surface area (Å²) in [5, 5.41) is 13.0. The molecule has 21 heavy (non-hydrogen) atoms. The summed E-state index contributed by atoms with van der Waals surface area (Å²) in [5.41, 5.74) is 0.375. The lowest BCUT2D eigenvalue weighted by atomic mass is 9.77. The van der Waals surface area contributed by atoms with Crippen molar-refractivity contribution < 1.29 is 9.90 Å². The summed E-state index contributed by atoms with van der Waals surface area (Å²) in [6, 6.07) is 10.1. The first-order valence-corrected chi connectivity index (χ1v) is 8.09. The number of carbonyl (C=O) groups excluding carboxylic acids is 1. The monoisotopic (exact) mass is 287 g/mol. The van der Waals surface area contributed by atoms with Crippen molar-refractivity contribution in [2.24, 2.45) is 5.92 Å². The molecule has 1 aromatic rings. The number of nitrogens with one attached hydrogen (secondary N) is 1. The van der Waals surface area contributed by atoms with Gasteiger partial charge in [-0.05, 0) is 50.0 Å². The second-order valence-corrected chi connectivity index (χ2v) is 7.02. The average Bonchev–Trinajstić information content (AvgIpc) is 3.33. The van der Waals surface area contributed by atoms with Crippen molar-refractivity contribution in [3.05, 3.63) is 35.9 Å². The predicted octanol–water partition coefficient (Wildman–Crippen LogP) is 2.78. The molecule has 0 heterocycles. The van der Waals surface area contributed by atoms with E-state index in [1.54, 1.807) is 0 Å². The van der Waals surface area contributed by atoms with Gasteiger partial charge in [0.25, 0.3) is 0 Å². The van der Waals surface area contributed by atoms with Crippen molar-refractivity contribution >= 4 is 5.91 Å². The fourth-order valence-corrected chi connectivity index (χ4v) is 3.53. The molecule has 1 amide bonds. The van der Waals surface area contributed by atoms with Crippen LogP contribution in [0.2, 0.25) is 0 Å². The number of aliphatic hydroxyl groups is 1. The van der Waals surface area contributed by atoms with E-state index in [1.807, 2.05) is 30.3 Å². The predicted molar refractivity (Wildman–Crippen MR) is 82.9 cm³/mol. The maximum Gasteiger partial charge on any atom is 0.231 e. The molecule has 3 nitrogen and oxygen atoms in total. The molecule has 2 N–H and O–H groups in total. The largest absolute Gasteiger partial charge is 0.394 e. The molecule has 0 spiro atoms. The number of aliphatic hydroxyl groups excluding tert-OH is 1. The van der Waals surface area contributed by atoms with Crippen molar-refractivity contribution in [1.29, 1.82) is 0 Å². The fraction of sp³-hybridized carbons (Fsp3) is 0.611. The zero-order valence-electron chi connectivity index (χ0n) is 12.8.